The van der Waals surface area contributed by atoms with Crippen LogP contribution in [0.5, 0.6) is 0 Å². The minimum absolute atomic E-state index is 0.914. The Morgan fingerprint density at radius 2 is 2.06 bits per heavy atom. The van der Waals surface area contributed by atoms with Gasteiger partial charge in [-0.25, -0.2) is 0 Å². The Morgan fingerprint density at radius 3 is 2.67 bits per heavy atom. The topological polar surface area (TPSA) is 15.3 Å². The fourth-order valence-electron chi connectivity index (χ4n) is 4.71. The fraction of sp³-hybridized carbons (Fsp3) is 1.00. The monoisotopic (exact) mass is 250 g/mol. The molecule has 18 heavy (non-hydrogen) atoms. The van der Waals surface area contributed by atoms with Gasteiger partial charge in [0.05, 0.1) is 0 Å². The fourth-order valence-corrected chi connectivity index (χ4v) is 4.71. The molecule has 3 rings (SSSR count). The number of piperidine rings is 1. The molecule has 4 atom stereocenters. The lowest BCUT2D eigenvalue weighted by molar-refractivity contribution is 0.163. The molecule has 0 aromatic heterocycles. The van der Waals surface area contributed by atoms with E-state index in [1.807, 2.05) is 0 Å². The second kappa shape index (κ2) is 5.92. The summed E-state index contributed by atoms with van der Waals surface area (Å²) in [6.07, 6.45) is 9.02. The summed E-state index contributed by atoms with van der Waals surface area (Å²) in [7, 11) is 0. The predicted octanol–water partition coefficient (Wildman–Crippen LogP) is 2.74. The number of rotatable bonds is 5. The van der Waals surface area contributed by atoms with Crippen molar-refractivity contribution >= 4 is 0 Å². The second-order valence-corrected chi connectivity index (χ2v) is 7.00. The third-order valence-corrected chi connectivity index (χ3v) is 5.74. The van der Waals surface area contributed by atoms with Gasteiger partial charge in [0.2, 0.25) is 0 Å². The molecule has 1 heterocycles. The van der Waals surface area contributed by atoms with Crippen molar-refractivity contribution in [3.05, 3.63) is 0 Å². The minimum Gasteiger partial charge on any atom is -0.316 e. The van der Waals surface area contributed by atoms with Crippen LogP contribution in [0.1, 0.15) is 45.4 Å². The Morgan fingerprint density at radius 1 is 1.11 bits per heavy atom. The van der Waals surface area contributed by atoms with Gasteiger partial charge in [-0.2, -0.15) is 0 Å². The maximum Gasteiger partial charge on any atom is 0.00218 e. The molecule has 0 spiro atoms. The smallest absolute Gasteiger partial charge is 0.00218 e. The summed E-state index contributed by atoms with van der Waals surface area (Å²) >= 11 is 0. The Labute approximate surface area is 113 Å². The van der Waals surface area contributed by atoms with Crippen LogP contribution in [0.4, 0.5) is 0 Å². The van der Waals surface area contributed by atoms with Gasteiger partial charge in [0.15, 0.2) is 0 Å². The molecule has 2 heteroatoms. The minimum atomic E-state index is 0.914. The highest BCUT2D eigenvalue weighted by atomic mass is 15.1. The van der Waals surface area contributed by atoms with Gasteiger partial charge in [0.1, 0.15) is 0 Å². The molecule has 2 nitrogen and oxygen atoms in total. The van der Waals surface area contributed by atoms with Crippen LogP contribution in [0.15, 0.2) is 0 Å². The number of hydrogen-bond acceptors (Lipinski definition) is 2. The summed E-state index contributed by atoms with van der Waals surface area (Å²) in [6, 6.07) is 0. The van der Waals surface area contributed by atoms with Gasteiger partial charge in [0, 0.05) is 13.1 Å². The Hall–Kier alpha value is -0.0800. The standard InChI is InChI=1S/C16H30N2/c1-2-18(11-14-4-3-7-17-10-14)12-16-9-13-5-6-15(16)8-13/h13-17H,2-12H2,1H3. The van der Waals surface area contributed by atoms with Crippen molar-refractivity contribution in [3.63, 3.8) is 0 Å². The third-order valence-electron chi connectivity index (χ3n) is 5.74. The molecule has 0 aromatic carbocycles. The van der Waals surface area contributed by atoms with Crippen molar-refractivity contribution in [2.75, 3.05) is 32.7 Å². The van der Waals surface area contributed by atoms with E-state index in [4.69, 9.17) is 0 Å². The van der Waals surface area contributed by atoms with Gasteiger partial charge >= 0.3 is 0 Å². The molecule has 0 radical (unpaired) electrons. The van der Waals surface area contributed by atoms with Crippen molar-refractivity contribution in [2.24, 2.45) is 23.7 Å². The van der Waals surface area contributed by atoms with E-state index in [1.165, 1.54) is 52.0 Å². The first-order valence-corrected chi connectivity index (χ1v) is 8.28. The molecule has 2 bridgehead atoms. The summed E-state index contributed by atoms with van der Waals surface area (Å²) in [5, 5.41) is 3.56. The zero-order chi connectivity index (χ0) is 12.4. The summed E-state index contributed by atoms with van der Waals surface area (Å²) < 4.78 is 0. The SMILES string of the molecule is CCN(CC1CCCNC1)CC1CC2CCC1C2. The average molecular weight is 250 g/mol. The molecule has 3 aliphatic rings. The first-order valence-electron chi connectivity index (χ1n) is 8.28. The summed E-state index contributed by atoms with van der Waals surface area (Å²) in [6.45, 7) is 8.85. The highest BCUT2D eigenvalue weighted by molar-refractivity contribution is 4.91. The second-order valence-electron chi connectivity index (χ2n) is 7.00. The van der Waals surface area contributed by atoms with Crippen molar-refractivity contribution in [3.8, 4) is 0 Å². The van der Waals surface area contributed by atoms with Gasteiger partial charge in [-0.1, -0.05) is 13.3 Å². The van der Waals surface area contributed by atoms with Gasteiger partial charge in [-0.15, -0.1) is 0 Å². The maximum atomic E-state index is 3.56. The summed E-state index contributed by atoms with van der Waals surface area (Å²) in [4.78, 5) is 2.75. The van der Waals surface area contributed by atoms with Crippen LogP contribution >= 0.6 is 0 Å². The molecule has 1 N–H and O–H groups in total. The number of fused-ring (bicyclic) bond motifs is 2. The quantitative estimate of drug-likeness (QED) is 0.807. The molecule has 4 unspecified atom stereocenters. The predicted molar refractivity (Wildman–Crippen MR) is 76.6 cm³/mol. The molecule has 0 amide bonds. The van der Waals surface area contributed by atoms with Gasteiger partial charge in [0.25, 0.3) is 0 Å². The molecule has 2 saturated carbocycles. The van der Waals surface area contributed by atoms with Gasteiger partial charge in [-0.3, -0.25) is 0 Å². The first-order chi connectivity index (χ1) is 8.85. The Kier molecular flexibility index (Phi) is 4.25. The molecule has 0 aromatic rings. The van der Waals surface area contributed by atoms with Crippen LogP contribution in [0.2, 0.25) is 0 Å². The van der Waals surface area contributed by atoms with E-state index >= 15 is 0 Å². The number of nitrogens with one attached hydrogen (secondary N) is 1. The third kappa shape index (κ3) is 2.91. The van der Waals surface area contributed by atoms with Crippen molar-refractivity contribution in [1.29, 1.82) is 0 Å². The van der Waals surface area contributed by atoms with Gasteiger partial charge < -0.3 is 10.2 Å². The molecular weight excluding hydrogens is 220 g/mol. The lowest BCUT2D eigenvalue weighted by Gasteiger charge is -2.33. The van der Waals surface area contributed by atoms with E-state index in [-0.39, 0.29) is 0 Å². The maximum absolute atomic E-state index is 3.56. The van der Waals surface area contributed by atoms with E-state index < -0.39 is 0 Å². The van der Waals surface area contributed by atoms with Crippen LogP contribution in [0, 0.1) is 23.7 Å². The molecule has 104 valence electrons. The molecule has 2 aliphatic carbocycles. The lowest BCUT2D eigenvalue weighted by Crippen LogP contribution is -2.40. The highest BCUT2D eigenvalue weighted by Crippen LogP contribution is 2.48. The summed E-state index contributed by atoms with van der Waals surface area (Å²) in [5.74, 6) is 4.15. The highest BCUT2D eigenvalue weighted by Gasteiger charge is 2.39. The van der Waals surface area contributed by atoms with Crippen LogP contribution < -0.4 is 5.32 Å². The van der Waals surface area contributed by atoms with Crippen molar-refractivity contribution < 1.29 is 0 Å². The normalized spacial score (nSPS) is 39.7. The molecule has 1 saturated heterocycles. The van der Waals surface area contributed by atoms with E-state index in [0.29, 0.717) is 0 Å². The van der Waals surface area contributed by atoms with Crippen LogP contribution in [0.3, 0.4) is 0 Å². The largest absolute Gasteiger partial charge is 0.316 e. The molecular formula is C16H30N2. The van der Waals surface area contributed by atoms with E-state index in [2.05, 4.69) is 17.1 Å². The van der Waals surface area contributed by atoms with Crippen LogP contribution in [0.25, 0.3) is 0 Å². The summed E-state index contributed by atoms with van der Waals surface area (Å²) in [5.41, 5.74) is 0. The first kappa shape index (κ1) is 12.9. The van der Waals surface area contributed by atoms with Crippen molar-refractivity contribution in [2.45, 2.75) is 45.4 Å². The zero-order valence-electron chi connectivity index (χ0n) is 12.0. The van der Waals surface area contributed by atoms with E-state index in [1.54, 1.807) is 19.3 Å². The lowest BCUT2D eigenvalue weighted by atomic mass is 9.88. The van der Waals surface area contributed by atoms with Crippen molar-refractivity contribution in [1.82, 2.24) is 10.2 Å². The Balaban J connectivity index is 1.46. The number of nitrogens with zero attached hydrogens (tertiary/aromatic N) is 1. The zero-order valence-corrected chi connectivity index (χ0v) is 12.0. The molecule has 1 aliphatic heterocycles. The molecule has 3 fully saturated rings. The van der Waals surface area contributed by atoms with Crippen LogP contribution in [-0.4, -0.2) is 37.6 Å². The average Bonchev–Trinajstić information content (AvgIpc) is 3.01. The van der Waals surface area contributed by atoms with Crippen LogP contribution in [-0.2, 0) is 0 Å². The van der Waals surface area contributed by atoms with Gasteiger partial charge in [-0.05, 0) is 75.4 Å². The van der Waals surface area contributed by atoms with E-state index in [9.17, 15) is 0 Å². The van der Waals surface area contributed by atoms with E-state index in [0.717, 1.165) is 23.7 Å². The Bertz CT molecular complexity index is 260. The number of hydrogen-bond donors (Lipinski definition) is 1.